The lowest BCUT2D eigenvalue weighted by atomic mass is 10.2. The fraction of sp³-hybridized carbons (Fsp3) is 0.316. The van der Waals surface area contributed by atoms with E-state index in [0.717, 1.165) is 44.0 Å². The van der Waals surface area contributed by atoms with Crippen LogP contribution in [0.2, 0.25) is 5.02 Å². The van der Waals surface area contributed by atoms with E-state index in [2.05, 4.69) is 15.1 Å². The molecule has 2 aromatic carbocycles. The van der Waals surface area contributed by atoms with Gasteiger partial charge in [0.15, 0.2) is 5.11 Å². The lowest BCUT2D eigenvalue weighted by Gasteiger charge is -2.36. The number of phenols is 1. The number of benzene rings is 2. The van der Waals surface area contributed by atoms with Gasteiger partial charge in [0.2, 0.25) is 0 Å². The highest BCUT2D eigenvalue weighted by molar-refractivity contribution is 7.80. The molecule has 0 aromatic heterocycles. The van der Waals surface area contributed by atoms with Crippen molar-refractivity contribution in [1.82, 2.24) is 9.80 Å². The molecule has 1 fully saturated rings. The monoisotopic (exact) mass is 391 g/mol. The maximum atomic E-state index is 9.59. The van der Waals surface area contributed by atoms with Gasteiger partial charge >= 0.3 is 0 Å². The van der Waals surface area contributed by atoms with Gasteiger partial charge in [-0.15, -0.1) is 0 Å². The van der Waals surface area contributed by atoms with E-state index in [0.29, 0.717) is 21.6 Å². The zero-order chi connectivity index (χ0) is 18.5. The summed E-state index contributed by atoms with van der Waals surface area (Å²) < 4.78 is 5.35. The minimum absolute atomic E-state index is 0.307. The first-order valence-corrected chi connectivity index (χ1v) is 9.23. The summed E-state index contributed by atoms with van der Waals surface area (Å²) >= 11 is 11.6. The number of rotatable bonds is 4. The smallest absolute Gasteiger partial charge is 0.173 e. The number of hydrogen-bond acceptors (Lipinski definition) is 4. The van der Waals surface area contributed by atoms with Crippen molar-refractivity contribution in [3.05, 3.63) is 53.1 Å². The molecule has 1 aliphatic heterocycles. The molecule has 2 N–H and O–H groups in total. The van der Waals surface area contributed by atoms with E-state index in [1.54, 1.807) is 19.2 Å². The second-order valence-electron chi connectivity index (χ2n) is 6.21. The number of hydrogen-bond donors (Lipinski definition) is 2. The maximum Gasteiger partial charge on any atom is 0.173 e. The summed E-state index contributed by atoms with van der Waals surface area (Å²) in [7, 11) is 1.62. The third-order valence-corrected chi connectivity index (χ3v) is 4.97. The number of piperazine rings is 1. The van der Waals surface area contributed by atoms with Gasteiger partial charge in [0.1, 0.15) is 11.5 Å². The van der Waals surface area contributed by atoms with Crippen LogP contribution in [0.25, 0.3) is 0 Å². The molecule has 3 rings (SSSR count). The largest absolute Gasteiger partial charge is 0.508 e. The van der Waals surface area contributed by atoms with E-state index in [-0.39, 0.29) is 0 Å². The molecule has 1 aliphatic rings. The van der Waals surface area contributed by atoms with Crippen LogP contribution in [0.1, 0.15) is 5.56 Å². The van der Waals surface area contributed by atoms with Crippen molar-refractivity contribution >= 4 is 34.6 Å². The lowest BCUT2D eigenvalue weighted by molar-refractivity contribution is 0.177. The Kier molecular flexibility index (Phi) is 6.19. The highest BCUT2D eigenvalue weighted by atomic mass is 35.5. The van der Waals surface area contributed by atoms with Crippen LogP contribution in [0, 0.1) is 0 Å². The zero-order valence-corrected chi connectivity index (χ0v) is 16.2. The van der Waals surface area contributed by atoms with Gasteiger partial charge in [-0.05, 0) is 48.1 Å². The zero-order valence-electron chi connectivity index (χ0n) is 14.6. The second-order valence-corrected chi connectivity index (χ2v) is 7.03. The summed E-state index contributed by atoms with van der Waals surface area (Å²) in [6.45, 7) is 4.32. The number of nitrogens with one attached hydrogen (secondary N) is 1. The van der Waals surface area contributed by atoms with Crippen molar-refractivity contribution in [2.45, 2.75) is 6.54 Å². The third-order valence-electron chi connectivity index (χ3n) is 4.38. The molecule has 26 heavy (non-hydrogen) atoms. The van der Waals surface area contributed by atoms with Gasteiger partial charge in [0.25, 0.3) is 0 Å². The Labute approximate surface area is 164 Å². The normalized spacial score (nSPS) is 14.9. The summed E-state index contributed by atoms with van der Waals surface area (Å²) in [6.07, 6.45) is 0. The number of thiocarbonyl (C=S) groups is 1. The standard InChI is InChI=1S/C19H22ClN3O2S/c1-25-18-6-5-15(20)12-17(18)21-19(26)23-9-7-22(8-10-23)13-14-3-2-4-16(24)11-14/h2-6,11-12,24H,7-10,13H2,1H3,(H,21,26). The van der Waals surface area contributed by atoms with Crippen LogP contribution in [0.5, 0.6) is 11.5 Å². The summed E-state index contributed by atoms with van der Waals surface area (Å²) in [5.74, 6) is 1.02. The number of methoxy groups -OCH3 is 1. The SMILES string of the molecule is COc1ccc(Cl)cc1NC(=S)N1CCN(Cc2cccc(O)c2)CC1. The highest BCUT2D eigenvalue weighted by Gasteiger charge is 2.20. The number of halogens is 1. The second kappa shape index (κ2) is 8.58. The Hall–Kier alpha value is -2.02. The molecule has 0 saturated carbocycles. The molecule has 0 spiro atoms. The summed E-state index contributed by atoms with van der Waals surface area (Å²) in [4.78, 5) is 4.50. The molecular weight excluding hydrogens is 370 g/mol. The highest BCUT2D eigenvalue weighted by Crippen LogP contribution is 2.28. The van der Waals surface area contributed by atoms with Crippen molar-refractivity contribution < 1.29 is 9.84 Å². The van der Waals surface area contributed by atoms with E-state index in [1.165, 1.54) is 0 Å². The van der Waals surface area contributed by atoms with Gasteiger partial charge in [-0.2, -0.15) is 0 Å². The van der Waals surface area contributed by atoms with Crippen molar-refractivity contribution in [1.29, 1.82) is 0 Å². The Morgan fingerprint density at radius 2 is 1.96 bits per heavy atom. The van der Waals surface area contributed by atoms with Crippen LogP contribution in [0.3, 0.4) is 0 Å². The molecule has 1 heterocycles. The van der Waals surface area contributed by atoms with E-state index in [9.17, 15) is 5.11 Å². The Bertz CT molecular complexity index is 779. The molecule has 0 unspecified atom stereocenters. The predicted octanol–water partition coefficient (Wildman–Crippen LogP) is 3.57. The third kappa shape index (κ3) is 4.78. The Morgan fingerprint density at radius 3 is 2.65 bits per heavy atom. The molecule has 0 amide bonds. The van der Waals surface area contributed by atoms with Gasteiger partial charge in [-0.3, -0.25) is 4.90 Å². The van der Waals surface area contributed by atoms with Crippen LogP contribution in [0.15, 0.2) is 42.5 Å². The average molecular weight is 392 g/mol. The van der Waals surface area contributed by atoms with Gasteiger partial charge < -0.3 is 20.1 Å². The van der Waals surface area contributed by atoms with Crippen molar-refractivity contribution in [3.63, 3.8) is 0 Å². The molecule has 0 bridgehead atoms. The first-order valence-electron chi connectivity index (χ1n) is 8.45. The summed E-state index contributed by atoms with van der Waals surface area (Å²) in [5.41, 5.74) is 1.88. The van der Waals surface area contributed by atoms with E-state index < -0.39 is 0 Å². The van der Waals surface area contributed by atoms with Crippen LogP contribution >= 0.6 is 23.8 Å². The number of anilines is 1. The molecule has 138 valence electrons. The van der Waals surface area contributed by atoms with Crippen LogP contribution < -0.4 is 10.1 Å². The minimum Gasteiger partial charge on any atom is -0.508 e. The molecule has 5 nitrogen and oxygen atoms in total. The number of ether oxygens (including phenoxy) is 1. The fourth-order valence-corrected chi connectivity index (χ4v) is 3.46. The average Bonchev–Trinajstić information content (AvgIpc) is 2.62. The number of aromatic hydroxyl groups is 1. The van der Waals surface area contributed by atoms with Gasteiger partial charge in [-0.1, -0.05) is 23.7 Å². The topological polar surface area (TPSA) is 48.0 Å². The molecule has 0 aliphatic carbocycles. The van der Waals surface area contributed by atoms with Crippen LogP contribution in [-0.4, -0.2) is 53.3 Å². The van der Waals surface area contributed by atoms with Crippen LogP contribution in [0.4, 0.5) is 5.69 Å². The quantitative estimate of drug-likeness (QED) is 0.777. The van der Waals surface area contributed by atoms with Crippen molar-refractivity contribution in [2.24, 2.45) is 0 Å². The molecule has 7 heteroatoms. The molecule has 0 atom stereocenters. The molecule has 0 radical (unpaired) electrons. The Balaban J connectivity index is 1.54. The molecular formula is C19H22ClN3O2S. The first-order chi connectivity index (χ1) is 12.5. The van der Waals surface area contributed by atoms with Crippen molar-refractivity contribution in [2.75, 3.05) is 38.6 Å². The van der Waals surface area contributed by atoms with Gasteiger partial charge in [0.05, 0.1) is 12.8 Å². The van der Waals surface area contributed by atoms with E-state index >= 15 is 0 Å². The maximum absolute atomic E-state index is 9.59. The minimum atomic E-state index is 0.307. The van der Waals surface area contributed by atoms with Crippen molar-refractivity contribution in [3.8, 4) is 11.5 Å². The fourth-order valence-electron chi connectivity index (χ4n) is 2.99. The summed E-state index contributed by atoms with van der Waals surface area (Å²) in [6, 6.07) is 12.8. The first kappa shape index (κ1) is 18.8. The Morgan fingerprint density at radius 1 is 1.19 bits per heavy atom. The van der Waals surface area contributed by atoms with Gasteiger partial charge in [-0.25, -0.2) is 0 Å². The lowest BCUT2D eigenvalue weighted by Crippen LogP contribution is -2.49. The van der Waals surface area contributed by atoms with Gasteiger partial charge in [0, 0.05) is 37.7 Å². The predicted molar refractivity (Wildman–Crippen MR) is 109 cm³/mol. The molecule has 1 saturated heterocycles. The van der Waals surface area contributed by atoms with E-state index in [4.69, 9.17) is 28.6 Å². The number of nitrogens with zero attached hydrogens (tertiary/aromatic N) is 2. The number of phenolic OH excluding ortho intramolecular Hbond substituents is 1. The van der Waals surface area contributed by atoms with E-state index in [1.807, 2.05) is 30.3 Å². The molecule has 2 aromatic rings. The summed E-state index contributed by atoms with van der Waals surface area (Å²) in [5, 5.41) is 14.1. The van der Waals surface area contributed by atoms with Crippen LogP contribution in [-0.2, 0) is 6.54 Å².